The number of carbonyl (C=O) groups excluding carboxylic acids is 2. The summed E-state index contributed by atoms with van der Waals surface area (Å²) >= 11 is 6.20. The second-order valence-electron chi connectivity index (χ2n) is 7.42. The quantitative estimate of drug-likeness (QED) is 0.809. The molecule has 1 N–H and O–H groups in total. The van der Waals surface area contributed by atoms with Crippen LogP contribution in [0, 0.1) is 0 Å². The summed E-state index contributed by atoms with van der Waals surface area (Å²) in [6.07, 6.45) is 7.61. The molecular formula is C22H24ClN3O2. The molecule has 2 heterocycles. The van der Waals surface area contributed by atoms with Crippen molar-refractivity contribution in [2.45, 2.75) is 58.0 Å². The first kappa shape index (κ1) is 18.9. The van der Waals surface area contributed by atoms with E-state index in [0.29, 0.717) is 17.0 Å². The van der Waals surface area contributed by atoms with Gasteiger partial charge in [-0.25, -0.2) is 0 Å². The molecule has 146 valence electrons. The predicted octanol–water partition coefficient (Wildman–Crippen LogP) is 4.75. The Morgan fingerprint density at radius 3 is 2.86 bits per heavy atom. The van der Waals surface area contributed by atoms with Gasteiger partial charge in [0, 0.05) is 23.2 Å². The van der Waals surface area contributed by atoms with Crippen LogP contribution in [0.2, 0.25) is 5.02 Å². The van der Waals surface area contributed by atoms with Crippen molar-refractivity contribution in [1.82, 2.24) is 10.3 Å². The molecule has 1 aliphatic heterocycles. The van der Waals surface area contributed by atoms with Crippen LogP contribution in [0.4, 0.5) is 5.69 Å². The summed E-state index contributed by atoms with van der Waals surface area (Å²) in [5.41, 5.74) is 4.69. The SMILES string of the molecule is CCC(=O)NC1CCCc2c1cncc2N1C(=O)c2ccc(Cl)cc2C1CC. The van der Waals surface area contributed by atoms with Gasteiger partial charge in [-0.05, 0) is 60.6 Å². The molecule has 0 bridgehead atoms. The number of anilines is 1. The minimum absolute atomic E-state index is 0.00608. The molecule has 0 fully saturated rings. The van der Waals surface area contributed by atoms with E-state index in [1.165, 1.54) is 0 Å². The maximum atomic E-state index is 13.3. The van der Waals surface area contributed by atoms with Crippen LogP contribution in [0.5, 0.6) is 0 Å². The predicted molar refractivity (Wildman–Crippen MR) is 110 cm³/mol. The highest BCUT2D eigenvalue weighted by molar-refractivity contribution is 6.31. The van der Waals surface area contributed by atoms with Gasteiger partial charge in [-0.2, -0.15) is 0 Å². The number of nitrogens with one attached hydrogen (secondary N) is 1. The number of pyridine rings is 1. The zero-order chi connectivity index (χ0) is 19.8. The molecule has 2 aliphatic rings. The number of fused-ring (bicyclic) bond motifs is 2. The lowest BCUT2D eigenvalue weighted by Gasteiger charge is -2.32. The zero-order valence-electron chi connectivity index (χ0n) is 16.2. The fourth-order valence-corrected chi connectivity index (χ4v) is 4.63. The van der Waals surface area contributed by atoms with E-state index in [-0.39, 0.29) is 23.9 Å². The van der Waals surface area contributed by atoms with Crippen LogP contribution in [0.15, 0.2) is 30.6 Å². The van der Waals surface area contributed by atoms with Gasteiger partial charge in [-0.15, -0.1) is 0 Å². The van der Waals surface area contributed by atoms with E-state index in [9.17, 15) is 9.59 Å². The molecule has 1 aromatic carbocycles. The maximum Gasteiger partial charge on any atom is 0.259 e. The van der Waals surface area contributed by atoms with E-state index in [1.807, 2.05) is 30.2 Å². The molecule has 0 saturated carbocycles. The van der Waals surface area contributed by atoms with Crippen molar-refractivity contribution >= 4 is 29.1 Å². The van der Waals surface area contributed by atoms with Crippen molar-refractivity contribution in [3.8, 4) is 0 Å². The van der Waals surface area contributed by atoms with Crippen LogP contribution in [0.3, 0.4) is 0 Å². The third-order valence-electron chi connectivity index (χ3n) is 5.80. The molecule has 6 heteroatoms. The van der Waals surface area contributed by atoms with Gasteiger partial charge < -0.3 is 5.32 Å². The normalized spacial score (nSPS) is 20.7. The Kier molecular flexibility index (Phi) is 5.11. The second kappa shape index (κ2) is 7.55. The van der Waals surface area contributed by atoms with Gasteiger partial charge >= 0.3 is 0 Å². The third-order valence-corrected chi connectivity index (χ3v) is 6.03. The molecule has 2 amide bonds. The number of halogens is 1. The zero-order valence-corrected chi connectivity index (χ0v) is 16.9. The minimum atomic E-state index is -0.0555. The highest BCUT2D eigenvalue weighted by Crippen LogP contribution is 2.44. The van der Waals surface area contributed by atoms with Crippen LogP contribution in [-0.4, -0.2) is 16.8 Å². The Morgan fingerprint density at radius 1 is 1.29 bits per heavy atom. The number of nitrogens with zero attached hydrogens (tertiary/aromatic N) is 2. The average Bonchev–Trinajstić information content (AvgIpc) is 2.98. The molecular weight excluding hydrogens is 374 g/mol. The summed E-state index contributed by atoms with van der Waals surface area (Å²) in [6, 6.07) is 5.38. The largest absolute Gasteiger partial charge is 0.349 e. The van der Waals surface area contributed by atoms with E-state index in [1.54, 1.807) is 12.3 Å². The van der Waals surface area contributed by atoms with Gasteiger partial charge in [0.2, 0.25) is 5.91 Å². The molecule has 2 aromatic rings. The number of hydrogen-bond acceptors (Lipinski definition) is 3. The van der Waals surface area contributed by atoms with Gasteiger partial charge in [0.15, 0.2) is 0 Å². The van der Waals surface area contributed by atoms with Gasteiger partial charge in [-0.1, -0.05) is 25.4 Å². The third kappa shape index (κ3) is 3.08. The van der Waals surface area contributed by atoms with Gasteiger partial charge in [0.05, 0.1) is 24.0 Å². The molecule has 0 radical (unpaired) electrons. The number of carbonyl (C=O) groups is 2. The first-order valence-electron chi connectivity index (χ1n) is 9.94. The summed E-state index contributed by atoms with van der Waals surface area (Å²) in [7, 11) is 0. The smallest absolute Gasteiger partial charge is 0.259 e. The lowest BCUT2D eigenvalue weighted by molar-refractivity contribution is -0.121. The number of amides is 2. The maximum absolute atomic E-state index is 13.3. The van der Waals surface area contributed by atoms with Crippen LogP contribution in [0.1, 0.15) is 78.7 Å². The molecule has 0 saturated heterocycles. The number of aromatic nitrogens is 1. The van der Waals surface area contributed by atoms with Crippen molar-refractivity contribution in [2.75, 3.05) is 4.90 Å². The van der Waals surface area contributed by atoms with Crippen LogP contribution >= 0.6 is 11.6 Å². The van der Waals surface area contributed by atoms with Crippen molar-refractivity contribution in [1.29, 1.82) is 0 Å². The van der Waals surface area contributed by atoms with Crippen molar-refractivity contribution < 1.29 is 9.59 Å². The topological polar surface area (TPSA) is 62.3 Å². The fraction of sp³-hybridized carbons (Fsp3) is 0.409. The molecule has 2 unspecified atom stereocenters. The fourth-order valence-electron chi connectivity index (χ4n) is 4.45. The lowest BCUT2D eigenvalue weighted by Crippen LogP contribution is -2.33. The monoisotopic (exact) mass is 397 g/mol. The summed E-state index contributed by atoms with van der Waals surface area (Å²) in [6.45, 7) is 3.93. The van der Waals surface area contributed by atoms with E-state index in [4.69, 9.17) is 11.6 Å². The Bertz CT molecular complexity index is 943. The average molecular weight is 398 g/mol. The molecule has 2 atom stereocenters. The van der Waals surface area contributed by atoms with Crippen molar-refractivity contribution in [3.05, 3.63) is 57.9 Å². The van der Waals surface area contributed by atoms with Crippen molar-refractivity contribution in [3.63, 3.8) is 0 Å². The van der Waals surface area contributed by atoms with E-state index in [0.717, 1.165) is 48.1 Å². The Morgan fingerprint density at radius 2 is 2.11 bits per heavy atom. The van der Waals surface area contributed by atoms with E-state index >= 15 is 0 Å². The Balaban J connectivity index is 1.77. The van der Waals surface area contributed by atoms with Crippen LogP contribution in [-0.2, 0) is 11.2 Å². The molecule has 5 nitrogen and oxygen atoms in total. The summed E-state index contributed by atoms with van der Waals surface area (Å²) < 4.78 is 0. The van der Waals surface area contributed by atoms with E-state index in [2.05, 4.69) is 17.2 Å². The highest BCUT2D eigenvalue weighted by Gasteiger charge is 2.39. The number of hydrogen-bond donors (Lipinski definition) is 1. The molecule has 0 spiro atoms. The van der Waals surface area contributed by atoms with Gasteiger partial charge in [0.1, 0.15) is 0 Å². The standard InChI is InChI=1S/C22H24ClN3O2/c1-3-19-16-10-13(23)8-9-15(16)22(28)26(19)20-12-24-11-17-14(20)6-5-7-18(17)25-21(27)4-2/h8-12,18-19H,3-7H2,1-2H3,(H,25,27). The molecule has 1 aromatic heterocycles. The van der Waals surface area contributed by atoms with Crippen LogP contribution < -0.4 is 10.2 Å². The first-order valence-corrected chi connectivity index (χ1v) is 10.3. The minimum Gasteiger partial charge on any atom is -0.349 e. The second-order valence-corrected chi connectivity index (χ2v) is 7.86. The summed E-state index contributed by atoms with van der Waals surface area (Å²) in [4.78, 5) is 31.5. The van der Waals surface area contributed by atoms with E-state index < -0.39 is 0 Å². The molecule has 4 rings (SSSR count). The van der Waals surface area contributed by atoms with Gasteiger partial charge in [0.25, 0.3) is 5.91 Å². The first-order chi connectivity index (χ1) is 13.5. The highest BCUT2D eigenvalue weighted by atomic mass is 35.5. The Hall–Kier alpha value is -2.40. The van der Waals surface area contributed by atoms with Gasteiger partial charge in [-0.3, -0.25) is 19.5 Å². The summed E-state index contributed by atoms with van der Waals surface area (Å²) in [5.74, 6) is 0.0300. The molecule has 28 heavy (non-hydrogen) atoms. The summed E-state index contributed by atoms with van der Waals surface area (Å²) in [5, 5.41) is 3.74. The number of rotatable bonds is 4. The Labute approximate surface area is 170 Å². The molecule has 1 aliphatic carbocycles. The van der Waals surface area contributed by atoms with Crippen molar-refractivity contribution in [2.24, 2.45) is 0 Å². The van der Waals surface area contributed by atoms with Crippen LogP contribution in [0.25, 0.3) is 0 Å². The lowest BCUT2D eigenvalue weighted by atomic mass is 9.87. The number of benzene rings is 1.